The van der Waals surface area contributed by atoms with Gasteiger partial charge in [0.15, 0.2) is 0 Å². The van der Waals surface area contributed by atoms with E-state index < -0.39 is 0 Å². The molecule has 2 N–H and O–H groups in total. The number of benzene rings is 1. The van der Waals surface area contributed by atoms with Crippen LogP contribution in [0.3, 0.4) is 0 Å². The Morgan fingerprint density at radius 2 is 1.61 bits per heavy atom. The van der Waals surface area contributed by atoms with E-state index in [1.54, 1.807) is 0 Å². The van der Waals surface area contributed by atoms with Crippen LogP contribution in [0.4, 0.5) is 5.69 Å². The Hall–Kier alpha value is -1.18. The van der Waals surface area contributed by atoms with Gasteiger partial charge < -0.3 is 10.5 Å². The molecule has 102 valence electrons. The number of nitrogen functional groups attached to an aromatic ring is 1. The molecule has 0 aliphatic rings. The van der Waals surface area contributed by atoms with Crippen molar-refractivity contribution in [3.63, 3.8) is 0 Å². The van der Waals surface area contributed by atoms with E-state index in [4.69, 9.17) is 10.5 Å². The van der Waals surface area contributed by atoms with Crippen LogP contribution in [-0.2, 0) is 0 Å². The van der Waals surface area contributed by atoms with Crippen LogP contribution in [0, 0.1) is 0 Å². The second-order valence-corrected chi connectivity index (χ2v) is 4.90. The highest BCUT2D eigenvalue weighted by Crippen LogP contribution is 2.15. The Kier molecular flexibility index (Phi) is 8.11. The molecule has 1 aromatic carbocycles. The average molecular weight is 249 g/mol. The van der Waals surface area contributed by atoms with Crippen molar-refractivity contribution in [1.29, 1.82) is 0 Å². The van der Waals surface area contributed by atoms with Crippen LogP contribution in [0.1, 0.15) is 58.3 Å². The number of hydrogen-bond acceptors (Lipinski definition) is 2. The fourth-order valence-corrected chi connectivity index (χ4v) is 2.03. The number of ether oxygens (including phenoxy) is 1. The minimum atomic E-state index is 0.767. The van der Waals surface area contributed by atoms with E-state index in [-0.39, 0.29) is 0 Å². The van der Waals surface area contributed by atoms with Crippen molar-refractivity contribution in [3.8, 4) is 5.75 Å². The molecule has 0 heterocycles. The first-order valence-electron chi connectivity index (χ1n) is 7.31. The van der Waals surface area contributed by atoms with Crippen LogP contribution >= 0.6 is 0 Å². The summed E-state index contributed by atoms with van der Waals surface area (Å²) in [5, 5.41) is 0. The first kappa shape index (κ1) is 14.9. The van der Waals surface area contributed by atoms with E-state index in [0.29, 0.717) is 0 Å². The van der Waals surface area contributed by atoms with Gasteiger partial charge in [-0.25, -0.2) is 0 Å². The molecule has 0 radical (unpaired) electrons. The summed E-state index contributed by atoms with van der Waals surface area (Å²) in [5.41, 5.74) is 6.46. The number of hydrogen-bond donors (Lipinski definition) is 1. The summed E-state index contributed by atoms with van der Waals surface area (Å²) in [6, 6.07) is 7.65. The van der Waals surface area contributed by atoms with Crippen LogP contribution in [0.2, 0.25) is 0 Å². The molecule has 0 unspecified atom stereocenters. The molecule has 0 fully saturated rings. The third kappa shape index (κ3) is 7.21. The Morgan fingerprint density at radius 1 is 0.944 bits per heavy atom. The summed E-state index contributed by atoms with van der Waals surface area (Å²) >= 11 is 0. The summed E-state index contributed by atoms with van der Waals surface area (Å²) in [5.74, 6) is 0.887. The van der Waals surface area contributed by atoms with E-state index in [0.717, 1.165) is 24.5 Å². The minimum absolute atomic E-state index is 0.767. The average Bonchev–Trinajstić information content (AvgIpc) is 2.37. The zero-order valence-corrected chi connectivity index (χ0v) is 11.7. The molecule has 0 atom stereocenters. The zero-order chi connectivity index (χ0) is 13.1. The maximum Gasteiger partial charge on any atom is 0.121 e. The van der Waals surface area contributed by atoms with Crippen molar-refractivity contribution < 1.29 is 4.74 Å². The van der Waals surface area contributed by atoms with Crippen LogP contribution in [0.5, 0.6) is 5.75 Å². The van der Waals surface area contributed by atoms with Crippen molar-refractivity contribution in [2.45, 2.75) is 58.3 Å². The highest BCUT2D eigenvalue weighted by molar-refractivity contribution is 5.43. The van der Waals surface area contributed by atoms with Gasteiger partial charge in [0.1, 0.15) is 5.75 Å². The highest BCUT2D eigenvalue weighted by atomic mass is 16.5. The monoisotopic (exact) mass is 249 g/mol. The largest absolute Gasteiger partial charge is 0.494 e. The standard InChI is InChI=1S/C16H27NO/c1-2-3-4-5-6-7-8-9-13-18-16-12-10-11-15(17)14-16/h10-12,14H,2-9,13,17H2,1H3. The summed E-state index contributed by atoms with van der Waals surface area (Å²) in [4.78, 5) is 0. The van der Waals surface area contributed by atoms with Crippen LogP contribution in [-0.4, -0.2) is 6.61 Å². The molecular weight excluding hydrogens is 222 g/mol. The maximum absolute atomic E-state index is 5.69. The van der Waals surface area contributed by atoms with Gasteiger partial charge in [-0.05, 0) is 18.6 Å². The van der Waals surface area contributed by atoms with Crippen molar-refractivity contribution in [2.75, 3.05) is 12.3 Å². The maximum atomic E-state index is 5.69. The van der Waals surface area contributed by atoms with Gasteiger partial charge in [0, 0.05) is 11.8 Å². The molecule has 18 heavy (non-hydrogen) atoms. The van der Waals surface area contributed by atoms with Gasteiger partial charge >= 0.3 is 0 Å². The first-order chi connectivity index (χ1) is 8.83. The predicted octanol–water partition coefficient (Wildman–Crippen LogP) is 4.79. The Balaban J connectivity index is 1.92. The molecule has 2 heteroatoms. The van der Waals surface area contributed by atoms with Gasteiger partial charge in [0.25, 0.3) is 0 Å². The highest BCUT2D eigenvalue weighted by Gasteiger charge is 1.95. The fourth-order valence-electron chi connectivity index (χ4n) is 2.03. The van der Waals surface area contributed by atoms with E-state index in [9.17, 15) is 0 Å². The molecule has 0 saturated carbocycles. The third-order valence-corrected chi connectivity index (χ3v) is 3.12. The summed E-state index contributed by atoms with van der Waals surface area (Å²) in [6.45, 7) is 3.06. The number of nitrogens with two attached hydrogens (primary N) is 1. The first-order valence-corrected chi connectivity index (χ1v) is 7.31. The molecule has 0 bridgehead atoms. The van der Waals surface area contributed by atoms with E-state index in [2.05, 4.69) is 6.92 Å². The van der Waals surface area contributed by atoms with Gasteiger partial charge in [-0.2, -0.15) is 0 Å². The lowest BCUT2D eigenvalue weighted by Crippen LogP contribution is -1.97. The Bertz CT molecular complexity index is 312. The molecule has 0 aliphatic carbocycles. The molecule has 0 saturated heterocycles. The summed E-state index contributed by atoms with van der Waals surface area (Å²) in [6.07, 6.45) is 10.6. The zero-order valence-electron chi connectivity index (χ0n) is 11.7. The van der Waals surface area contributed by atoms with Gasteiger partial charge in [-0.1, -0.05) is 57.9 Å². The summed E-state index contributed by atoms with van der Waals surface area (Å²) < 4.78 is 5.65. The number of unbranched alkanes of at least 4 members (excludes halogenated alkanes) is 7. The summed E-state index contributed by atoms with van der Waals surface area (Å²) in [7, 11) is 0. The van der Waals surface area contributed by atoms with Crippen LogP contribution < -0.4 is 10.5 Å². The van der Waals surface area contributed by atoms with Crippen molar-refractivity contribution in [3.05, 3.63) is 24.3 Å². The Labute approximate surface area is 112 Å². The topological polar surface area (TPSA) is 35.2 Å². The van der Waals surface area contributed by atoms with Gasteiger partial charge in [-0.15, -0.1) is 0 Å². The third-order valence-electron chi connectivity index (χ3n) is 3.12. The van der Waals surface area contributed by atoms with Gasteiger partial charge in [-0.3, -0.25) is 0 Å². The second kappa shape index (κ2) is 9.81. The van der Waals surface area contributed by atoms with E-state index in [1.807, 2.05) is 24.3 Å². The normalized spacial score (nSPS) is 10.5. The molecule has 0 spiro atoms. The minimum Gasteiger partial charge on any atom is -0.494 e. The molecule has 1 rings (SSSR count). The van der Waals surface area contributed by atoms with E-state index >= 15 is 0 Å². The van der Waals surface area contributed by atoms with Gasteiger partial charge in [0.2, 0.25) is 0 Å². The molecule has 1 aromatic rings. The van der Waals surface area contributed by atoms with Crippen molar-refractivity contribution in [1.82, 2.24) is 0 Å². The van der Waals surface area contributed by atoms with Gasteiger partial charge in [0.05, 0.1) is 6.61 Å². The molecule has 0 aliphatic heterocycles. The number of rotatable bonds is 10. The molecule has 0 aromatic heterocycles. The molecule has 2 nitrogen and oxygen atoms in total. The Morgan fingerprint density at radius 3 is 2.28 bits per heavy atom. The fraction of sp³-hybridized carbons (Fsp3) is 0.625. The quantitative estimate of drug-likeness (QED) is 0.478. The predicted molar refractivity (Wildman–Crippen MR) is 79.0 cm³/mol. The number of anilines is 1. The lowest BCUT2D eigenvalue weighted by molar-refractivity contribution is 0.304. The molecular formula is C16H27NO. The molecule has 0 amide bonds. The van der Waals surface area contributed by atoms with Crippen molar-refractivity contribution in [2.24, 2.45) is 0 Å². The SMILES string of the molecule is CCCCCCCCCCOc1cccc(N)c1. The van der Waals surface area contributed by atoms with Crippen LogP contribution in [0.15, 0.2) is 24.3 Å². The lowest BCUT2D eigenvalue weighted by Gasteiger charge is -2.06. The smallest absolute Gasteiger partial charge is 0.121 e. The van der Waals surface area contributed by atoms with E-state index in [1.165, 1.54) is 44.9 Å². The van der Waals surface area contributed by atoms with Crippen LogP contribution in [0.25, 0.3) is 0 Å². The van der Waals surface area contributed by atoms with Crippen molar-refractivity contribution >= 4 is 5.69 Å². The second-order valence-electron chi connectivity index (χ2n) is 4.90. The lowest BCUT2D eigenvalue weighted by atomic mass is 10.1.